The fraction of sp³-hybridized carbons (Fsp3) is 0.571. The average Bonchev–Trinajstić information content (AvgIpc) is 2.46. The molecule has 0 radical (unpaired) electrons. The Morgan fingerprint density at radius 2 is 1.79 bits per heavy atom. The lowest BCUT2D eigenvalue weighted by atomic mass is 10.1. The molecule has 2 rings (SSSR count). The van der Waals surface area contributed by atoms with Crippen molar-refractivity contribution < 1.29 is 8.42 Å². The van der Waals surface area contributed by atoms with Gasteiger partial charge in [0.25, 0.3) is 0 Å². The lowest BCUT2D eigenvalue weighted by Crippen LogP contribution is -2.46. The van der Waals surface area contributed by atoms with Crippen LogP contribution >= 0.6 is 0 Å². The van der Waals surface area contributed by atoms with Crippen molar-refractivity contribution in [3.63, 3.8) is 0 Å². The average molecular weight is 282 g/mol. The van der Waals surface area contributed by atoms with Crippen molar-refractivity contribution >= 4 is 10.0 Å². The van der Waals surface area contributed by atoms with Crippen LogP contribution < -0.4 is 5.32 Å². The van der Waals surface area contributed by atoms with E-state index in [1.165, 1.54) is 5.56 Å². The third kappa shape index (κ3) is 3.55. The van der Waals surface area contributed by atoms with Crippen molar-refractivity contribution in [2.75, 3.05) is 26.2 Å². The zero-order valence-corrected chi connectivity index (χ0v) is 12.2. The lowest BCUT2D eigenvalue weighted by molar-refractivity contribution is 0.360. The molecule has 0 bridgehead atoms. The number of sulfonamides is 1. The van der Waals surface area contributed by atoms with E-state index in [1.807, 2.05) is 12.1 Å². The number of hydrogen-bond donors (Lipinski definition) is 1. The minimum absolute atomic E-state index is 0.412. The molecule has 4 nitrogen and oxygen atoms in total. The van der Waals surface area contributed by atoms with E-state index >= 15 is 0 Å². The van der Waals surface area contributed by atoms with Crippen LogP contribution in [-0.4, -0.2) is 38.9 Å². The van der Waals surface area contributed by atoms with Gasteiger partial charge in [-0.2, -0.15) is 4.31 Å². The van der Waals surface area contributed by atoms with Crippen LogP contribution in [0, 0.1) is 0 Å². The summed E-state index contributed by atoms with van der Waals surface area (Å²) < 4.78 is 26.4. The summed E-state index contributed by atoms with van der Waals surface area (Å²) >= 11 is 0. The molecule has 0 unspecified atom stereocenters. The summed E-state index contributed by atoms with van der Waals surface area (Å²) in [5.41, 5.74) is 1.21. The molecule has 0 amide bonds. The van der Waals surface area contributed by atoms with E-state index in [9.17, 15) is 8.42 Å². The van der Waals surface area contributed by atoms with E-state index in [1.54, 1.807) is 16.4 Å². The molecular formula is C14H22N2O2S. The number of benzene rings is 1. The Balaban J connectivity index is 2.11. The normalized spacial score (nSPS) is 17.5. The van der Waals surface area contributed by atoms with Gasteiger partial charge in [-0.1, -0.05) is 25.5 Å². The number of rotatable bonds is 5. The molecule has 1 aliphatic heterocycles. The van der Waals surface area contributed by atoms with Gasteiger partial charge in [0.15, 0.2) is 0 Å². The van der Waals surface area contributed by atoms with Gasteiger partial charge >= 0.3 is 0 Å². The maximum Gasteiger partial charge on any atom is 0.243 e. The van der Waals surface area contributed by atoms with E-state index in [4.69, 9.17) is 0 Å². The zero-order valence-electron chi connectivity index (χ0n) is 11.4. The summed E-state index contributed by atoms with van der Waals surface area (Å²) in [6.07, 6.45) is 3.31. The Kier molecular flexibility index (Phi) is 4.96. The largest absolute Gasteiger partial charge is 0.314 e. The molecule has 0 aromatic heterocycles. The van der Waals surface area contributed by atoms with E-state index in [0.717, 1.165) is 32.4 Å². The van der Waals surface area contributed by atoms with Crippen LogP contribution in [0.2, 0.25) is 0 Å². The van der Waals surface area contributed by atoms with Gasteiger partial charge in [-0.15, -0.1) is 0 Å². The molecule has 5 heteroatoms. The molecular weight excluding hydrogens is 260 g/mol. The summed E-state index contributed by atoms with van der Waals surface area (Å²) in [7, 11) is -3.31. The van der Waals surface area contributed by atoms with Gasteiger partial charge < -0.3 is 5.32 Å². The van der Waals surface area contributed by atoms with Crippen LogP contribution in [0.3, 0.4) is 0 Å². The first-order valence-corrected chi connectivity index (χ1v) is 8.38. The monoisotopic (exact) mass is 282 g/mol. The Labute approximate surface area is 115 Å². The molecule has 1 saturated heterocycles. The molecule has 19 heavy (non-hydrogen) atoms. The van der Waals surface area contributed by atoms with Crippen LogP contribution in [0.4, 0.5) is 0 Å². The van der Waals surface area contributed by atoms with Gasteiger partial charge in [0.2, 0.25) is 10.0 Å². The van der Waals surface area contributed by atoms with Crippen LogP contribution in [0.5, 0.6) is 0 Å². The number of nitrogens with zero attached hydrogens (tertiary/aromatic N) is 1. The minimum atomic E-state index is -3.31. The highest BCUT2D eigenvalue weighted by atomic mass is 32.2. The summed E-state index contributed by atoms with van der Waals surface area (Å²) in [6.45, 7) is 4.73. The highest BCUT2D eigenvalue weighted by molar-refractivity contribution is 7.89. The molecule has 1 aromatic carbocycles. The Hall–Kier alpha value is -0.910. The molecule has 1 aliphatic rings. The number of piperazine rings is 1. The number of hydrogen-bond acceptors (Lipinski definition) is 3. The van der Waals surface area contributed by atoms with Crippen molar-refractivity contribution in [1.29, 1.82) is 0 Å². The number of nitrogens with one attached hydrogen (secondary N) is 1. The van der Waals surface area contributed by atoms with Crippen LogP contribution in [-0.2, 0) is 16.4 Å². The van der Waals surface area contributed by atoms with Gasteiger partial charge in [0.05, 0.1) is 4.90 Å². The van der Waals surface area contributed by atoms with E-state index in [0.29, 0.717) is 18.0 Å². The predicted molar refractivity (Wildman–Crippen MR) is 76.7 cm³/mol. The van der Waals surface area contributed by atoms with Gasteiger partial charge in [0.1, 0.15) is 0 Å². The van der Waals surface area contributed by atoms with E-state index in [2.05, 4.69) is 12.2 Å². The maximum atomic E-state index is 12.4. The maximum absolute atomic E-state index is 12.4. The van der Waals surface area contributed by atoms with Crippen LogP contribution in [0.25, 0.3) is 0 Å². The van der Waals surface area contributed by atoms with Crippen LogP contribution in [0.15, 0.2) is 29.2 Å². The molecule has 0 spiro atoms. The summed E-state index contributed by atoms with van der Waals surface area (Å²) in [5.74, 6) is 0. The topological polar surface area (TPSA) is 49.4 Å². The SMILES string of the molecule is CCCCc1ccc(S(=O)(=O)N2CCNCC2)cc1. The molecule has 0 atom stereocenters. The van der Waals surface area contributed by atoms with Gasteiger partial charge in [0, 0.05) is 26.2 Å². The molecule has 1 heterocycles. The Morgan fingerprint density at radius 3 is 2.37 bits per heavy atom. The Bertz CT molecular complexity index is 491. The summed E-state index contributed by atoms with van der Waals surface area (Å²) in [6, 6.07) is 7.35. The second-order valence-electron chi connectivity index (χ2n) is 4.90. The van der Waals surface area contributed by atoms with Gasteiger partial charge in [-0.05, 0) is 30.5 Å². The van der Waals surface area contributed by atoms with E-state index in [-0.39, 0.29) is 0 Å². The van der Waals surface area contributed by atoms with Crippen LogP contribution in [0.1, 0.15) is 25.3 Å². The second-order valence-corrected chi connectivity index (χ2v) is 6.84. The Morgan fingerprint density at radius 1 is 1.16 bits per heavy atom. The van der Waals surface area contributed by atoms with Gasteiger partial charge in [-0.25, -0.2) is 8.42 Å². The zero-order chi connectivity index (χ0) is 13.7. The molecule has 0 aliphatic carbocycles. The van der Waals surface area contributed by atoms with Gasteiger partial charge in [-0.3, -0.25) is 0 Å². The summed E-state index contributed by atoms with van der Waals surface area (Å²) in [5, 5.41) is 3.16. The van der Waals surface area contributed by atoms with Crippen molar-refractivity contribution in [3.8, 4) is 0 Å². The third-order valence-corrected chi connectivity index (χ3v) is 5.37. The standard InChI is InChI=1S/C14H22N2O2S/c1-2-3-4-13-5-7-14(8-6-13)19(17,18)16-11-9-15-10-12-16/h5-8,15H,2-4,9-12H2,1H3. The molecule has 1 fully saturated rings. The predicted octanol–water partition coefficient (Wildman–Crippen LogP) is 1.62. The number of aryl methyl sites for hydroxylation is 1. The van der Waals surface area contributed by atoms with Crippen molar-refractivity contribution in [1.82, 2.24) is 9.62 Å². The smallest absolute Gasteiger partial charge is 0.243 e. The van der Waals surface area contributed by atoms with Crippen molar-refractivity contribution in [3.05, 3.63) is 29.8 Å². The first kappa shape index (κ1) is 14.5. The van der Waals surface area contributed by atoms with Crippen molar-refractivity contribution in [2.45, 2.75) is 31.1 Å². The molecule has 0 saturated carbocycles. The lowest BCUT2D eigenvalue weighted by Gasteiger charge is -2.26. The van der Waals surface area contributed by atoms with E-state index < -0.39 is 10.0 Å². The highest BCUT2D eigenvalue weighted by Gasteiger charge is 2.25. The number of unbranched alkanes of at least 4 members (excludes halogenated alkanes) is 1. The first-order chi connectivity index (χ1) is 9.14. The summed E-state index contributed by atoms with van der Waals surface area (Å²) in [4.78, 5) is 0.412. The third-order valence-electron chi connectivity index (χ3n) is 3.46. The quantitative estimate of drug-likeness (QED) is 0.893. The molecule has 1 aromatic rings. The fourth-order valence-electron chi connectivity index (χ4n) is 2.24. The highest BCUT2D eigenvalue weighted by Crippen LogP contribution is 2.17. The second kappa shape index (κ2) is 6.50. The van der Waals surface area contributed by atoms with Crippen molar-refractivity contribution in [2.24, 2.45) is 0 Å². The minimum Gasteiger partial charge on any atom is -0.314 e. The molecule has 1 N–H and O–H groups in total. The fourth-order valence-corrected chi connectivity index (χ4v) is 3.68. The molecule has 106 valence electrons. The first-order valence-electron chi connectivity index (χ1n) is 6.94.